The molecule has 2 heterocycles. The van der Waals surface area contributed by atoms with Gasteiger partial charge in [0.2, 0.25) is 0 Å². The van der Waals surface area contributed by atoms with Crippen molar-refractivity contribution < 1.29 is 23.8 Å². The van der Waals surface area contributed by atoms with E-state index in [1.54, 1.807) is 20.8 Å². The van der Waals surface area contributed by atoms with Crippen molar-refractivity contribution in [1.29, 1.82) is 0 Å². The summed E-state index contributed by atoms with van der Waals surface area (Å²) in [5.41, 5.74) is 2.92. The molecule has 0 unspecified atom stereocenters. The lowest BCUT2D eigenvalue weighted by molar-refractivity contribution is -0.145. The average molecular weight is 541 g/mol. The summed E-state index contributed by atoms with van der Waals surface area (Å²) in [5, 5.41) is 0.840. The van der Waals surface area contributed by atoms with Crippen molar-refractivity contribution in [3.05, 3.63) is 58.6 Å². The summed E-state index contributed by atoms with van der Waals surface area (Å²) in [6.45, 7) is 7.58. The van der Waals surface area contributed by atoms with Crippen LogP contribution < -0.4 is 4.74 Å². The van der Waals surface area contributed by atoms with Crippen LogP contribution >= 0.6 is 15.9 Å². The van der Waals surface area contributed by atoms with Crippen LogP contribution in [0.5, 0.6) is 5.75 Å². The van der Waals surface area contributed by atoms with Crippen molar-refractivity contribution in [2.24, 2.45) is 0 Å². The number of rotatable bonds is 4. The van der Waals surface area contributed by atoms with Gasteiger partial charge in [0.1, 0.15) is 23.5 Å². The maximum Gasteiger partial charge on any atom is 0.411 e. The van der Waals surface area contributed by atoms with E-state index in [0.717, 1.165) is 32.2 Å². The third-order valence-electron chi connectivity index (χ3n) is 5.78. The van der Waals surface area contributed by atoms with Crippen LogP contribution in [0.15, 0.2) is 53.0 Å². The number of carbonyl (C=O) groups excluding carboxylic acids is 2. The quantitative estimate of drug-likeness (QED) is 0.383. The first-order valence-electron chi connectivity index (χ1n) is 11.5. The molecule has 8 heteroatoms. The molecule has 3 aromatic rings. The van der Waals surface area contributed by atoms with Crippen LogP contribution in [0, 0.1) is 6.92 Å². The van der Waals surface area contributed by atoms with E-state index in [0.29, 0.717) is 12.2 Å². The Balaban J connectivity index is 1.70. The van der Waals surface area contributed by atoms with Gasteiger partial charge < -0.3 is 14.2 Å². The second-order valence-corrected chi connectivity index (χ2v) is 10.5. The summed E-state index contributed by atoms with van der Waals surface area (Å²) < 4.78 is 17.9. The molecule has 1 aliphatic rings. The first kappa shape index (κ1) is 25.0. The number of ether oxygens (including phenoxy) is 3. The molecule has 7 nitrogen and oxygen atoms in total. The Kier molecular flexibility index (Phi) is 7.03. The van der Waals surface area contributed by atoms with Crippen molar-refractivity contribution in [1.82, 2.24) is 9.88 Å². The Morgan fingerprint density at radius 3 is 2.49 bits per heavy atom. The maximum absolute atomic E-state index is 12.8. The molecule has 1 saturated heterocycles. The molecule has 0 aliphatic carbocycles. The van der Waals surface area contributed by atoms with E-state index in [-0.39, 0.29) is 6.54 Å². The summed E-state index contributed by atoms with van der Waals surface area (Å²) in [4.78, 5) is 31.6. The zero-order chi connectivity index (χ0) is 25.3. The van der Waals surface area contributed by atoms with E-state index in [2.05, 4.69) is 15.9 Å². The molecular formula is C27H29BrN2O5. The number of likely N-dealkylation sites (tertiary alicyclic amines) is 1. The first-order chi connectivity index (χ1) is 16.6. The van der Waals surface area contributed by atoms with Gasteiger partial charge in [0.05, 0.1) is 24.9 Å². The molecule has 0 radical (unpaired) electrons. The van der Waals surface area contributed by atoms with Crippen molar-refractivity contribution in [2.75, 3.05) is 13.7 Å². The van der Waals surface area contributed by atoms with Gasteiger partial charge in [-0.2, -0.15) is 0 Å². The lowest BCUT2D eigenvalue weighted by Gasteiger charge is -2.27. The zero-order valence-electron chi connectivity index (χ0n) is 20.5. The standard InChI is InChI=1S/C27H29BrN2O5/c1-16-11-22-19(13-20(16)28)24(14-21(29-22)17-9-7-6-8-10-17)34-18-12-23(25(31)33-5)30(15-18)26(32)35-27(2,3)4/h6-11,13-14,18,23H,12,15H2,1-5H3/t18-,23+/m1/s1. The highest BCUT2D eigenvalue weighted by molar-refractivity contribution is 9.10. The number of hydrogen-bond donors (Lipinski definition) is 0. The van der Waals surface area contributed by atoms with Gasteiger partial charge in [0.15, 0.2) is 0 Å². The third-order valence-corrected chi connectivity index (χ3v) is 6.63. The number of pyridine rings is 1. The third kappa shape index (κ3) is 5.59. The molecule has 1 amide bonds. The molecule has 35 heavy (non-hydrogen) atoms. The lowest BCUT2D eigenvalue weighted by atomic mass is 10.1. The van der Waals surface area contributed by atoms with Gasteiger partial charge in [-0.3, -0.25) is 4.90 Å². The predicted molar refractivity (Wildman–Crippen MR) is 137 cm³/mol. The largest absolute Gasteiger partial charge is 0.488 e. The van der Waals surface area contributed by atoms with E-state index < -0.39 is 29.8 Å². The number of carbonyl (C=O) groups is 2. The molecule has 0 saturated carbocycles. The van der Waals surface area contributed by atoms with Gasteiger partial charge in [-0.05, 0) is 45.4 Å². The van der Waals surface area contributed by atoms with Gasteiger partial charge in [-0.25, -0.2) is 14.6 Å². The average Bonchev–Trinajstić information content (AvgIpc) is 3.23. The van der Waals surface area contributed by atoms with Gasteiger partial charge in [-0.1, -0.05) is 46.3 Å². The molecule has 0 N–H and O–H groups in total. The first-order valence-corrected chi connectivity index (χ1v) is 12.3. The van der Waals surface area contributed by atoms with Crippen LogP contribution in [0.2, 0.25) is 0 Å². The highest BCUT2D eigenvalue weighted by Crippen LogP contribution is 2.35. The Morgan fingerprint density at radius 2 is 1.83 bits per heavy atom. The van der Waals surface area contributed by atoms with Gasteiger partial charge in [0.25, 0.3) is 0 Å². The SMILES string of the molecule is COC(=O)[C@@H]1C[C@@H](Oc2cc(-c3ccccc3)nc3cc(C)c(Br)cc23)CN1C(=O)OC(C)(C)C. The fourth-order valence-corrected chi connectivity index (χ4v) is 4.46. The maximum atomic E-state index is 12.8. The predicted octanol–water partition coefficient (Wildman–Crippen LogP) is 5.90. The fourth-order valence-electron chi connectivity index (χ4n) is 4.12. The summed E-state index contributed by atoms with van der Waals surface area (Å²) in [7, 11) is 1.31. The summed E-state index contributed by atoms with van der Waals surface area (Å²) in [6.07, 6.45) is -0.702. The molecule has 4 rings (SSSR count). The number of methoxy groups -OCH3 is 1. The molecule has 0 spiro atoms. The number of benzene rings is 2. The summed E-state index contributed by atoms with van der Waals surface area (Å²) >= 11 is 3.61. The molecule has 2 atom stereocenters. The molecule has 1 aromatic heterocycles. The van der Waals surface area contributed by atoms with Crippen LogP contribution in [0.1, 0.15) is 32.8 Å². The summed E-state index contributed by atoms with van der Waals surface area (Å²) in [5.74, 6) is 0.138. The Hall–Kier alpha value is -3.13. The minimum Gasteiger partial charge on any atom is -0.488 e. The lowest BCUT2D eigenvalue weighted by Crippen LogP contribution is -2.44. The molecule has 1 aliphatic heterocycles. The summed E-state index contributed by atoms with van der Waals surface area (Å²) in [6, 6.07) is 15.0. The van der Waals surface area contributed by atoms with Crippen LogP contribution in [-0.2, 0) is 14.3 Å². The second kappa shape index (κ2) is 9.85. The van der Waals surface area contributed by atoms with Crippen molar-refractivity contribution in [2.45, 2.75) is 51.9 Å². The Labute approximate surface area is 213 Å². The number of esters is 1. The van der Waals surface area contributed by atoms with Crippen molar-refractivity contribution >= 4 is 38.9 Å². The number of halogens is 1. The normalized spacial score (nSPS) is 17.9. The zero-order valence-corrected chi connectivity index (χ0v) is 22.1. The number of hydrogen-bond acceptors (Lipinski definition) is 6. The fraction of sp³-hybridized carbons (Fsp3) is 0.370. The molecule has 0 bridgehead atoms. The van der Waals surface area contributed by atoms with E-state index in [9.17, 15) is 9.59 Å². The van der Waals surface area contributed by atoms with Gasteiger partial charge >= 0.3 is 12.1 Å². The second-order valence-electron chi connectivity index (χ2n) is 9.64. The molecule has 184 valence electrons. The Bertz CT molecular complexity index is 1260. The minimum absolute atomic E-state index is 0.201. The Morgan fingerprint density at radius 1 is 1.11 bits per heavy atom. The number of nitrogens with zero attached hydrogens (tertiary/aromatic N) is 2. The van der Waals surface area contributed by atoms with E-state index in [4.69, 9.17) is 19.2 Å². The molecule has 1 fully saturated rings. The number of aryl methyl sites for hydroxylation is 1. The number of aromatic nitrogens is 1. The van der Waals surface area contributed by atoms with Gasteiger partial charge in [0, 0.05) is 27.9 Å². The van der Waals surface area contributed by atoms with Gasteiger partial charge in [-0.15, -0.1) is 0 Å². The van der Waals surface area contributed by atoms with E-state index in [1.807, 2.05) is 55.5 Å². The smallest absolute Gasteiger partial charge is 0.411 e. The minimum atomic E-state index is -0.782. The van der Waals surface area contributed by atoms with Crippen LogP contribution in [0.25, 0.3) is 22.2 Å². The number of fused-ring (bicyclic) bond motifs is 1. The highest BCUT2D eigenvalue weighted by atomic mass is 79.9. The number of amides is 1. The van der Waals surface area contributed by atoms with Crippen LogP contribution in [0.4, 0.5) is 4.79 Å². The molecule has 2 aromatic carbocycles. The van der Waals surface area contributed by atoms with Crippen LogP contribution in [-0.4, -0.2) is 53.3 Å². The van der Waals surface area contributed by atoms with E-state index in [1.165, 1.54) is 12.0 Å². The monoisotopic (exact) mass is 540 g/mol. The topological polar surface area (TPSA) is 78.0 Å². The van der Waals surface area contributed by atoms with Crippen molar-refractivity contribution in [3.8, 4) is 17.0 Å². The van der Waals surface area contributed by atoms with E-state index >= 15 is 0 Å². The molecular weight excluding hydrogens is 512 g/mol. The highest BCUT2D eigenvalue weighted by Gasteiger charge is 2.43. The van der Waals surface area contributed by atoms with Crippen molar-refractivity contribution in [3.63, 3.8) is 0 Å². The van der Waals surface area contributed by atoms with Crippen LogP contribution in [0.3, 0.4) is 0 Å².